The Morgan fingerprint density at radius 1 is 1.25 bits per heavy atom. The van der Waals surface area contributed by atoms with Gasteiger partial charge in [-0.15, -0.1) is 0 Å². The van der Waals surface area contributed by atoms with Crippen molar-refractivity contribution in [1.82, 2.24) is 4.90 Å². The lowest BCUT2D eigenvalue weighted by Crippen LogP contribution is -2.51. The molecule has 3 rings (SSSR count). The lowest BCUT2D eigenvalue weighted by molar-refractivity contribution is -0.0947. The molecule has 24 heavy (non-hydrogen) atoms. The van der Waals surface area contributed by atoms with Gasteiger partial charge in [-0.25, -0.2) is 0 Å². The Balaban J connectivity index is 1.75. The molecular weight excluding hydrogens is 306 g/mol. The third kappa shape index (κ3) is 3.45. The Hall–Kier alpha value is -1.14. The molecule has 0 spiro atoms. The molecular formula is C19H29NO4. The van der Waals surface area contributed by atoms with E-state index in [2.05, 4.69) is 11.0 Å². The number of hydrogen-bond acceptors (Lipinski definition) is 5. The van der Waals surface area contributed by atoms with Crippen LogP contribution in [0.4, 0.5) is 0 Å². The average Bonchev–Trinajstić information content (AvgIpc) is 2.99. The molecule has 2 aliphatic rings. The van der Waals surface area contributed by atoms with E-state index in [1.165, 1.54) is 0 Å². The summed E-state index contributed by atoms with van der Waals surface area (Å²) >= 11 is 0. The maximum atomic E-state index is 9.01. The van der Waals surface area contributed by atoms with Crippen LogP contribution in [0.5, 0.6) is 5.75 Å². The van der Waals surface area contributed by atoms with E-state index in [0.29, 0.717) is 18.8 Å². The van der Waals surface area contributed by atoms with Crippen molar-refractivity contribution in [3.63, 3.8) is 0 Å². The van der Waals surface area contributed by atoms with Crippen molar-refractivity contribution in [2.75, 3.05) is 34.0 Å². The van der Waals surface area contributed by atoms with Crippen molar-refractivity contribution >= 4 is 0 Å². The largest absolute Gasteiger partial charge is 0.491 e. The minimum Gasteiger partial charge on any atom is -0.491 e. The molecule has 5 heteroatoms. The summed E-state index contributed by atoms with van der Waals surface area (Å²) in [6.07, 6.45) is 4.55. The fourth-order valence-electron chi connectivity index (χ4n) is 4.31. The standard InChI is InChI=1S/C19H29NO4/c1-22-16-7-8-19(23-2)9-10-20(18(19)13-16)14-15-5-3-4-6-17(15)24-12-11-21/h3-6,16,18,21H,7-14H2,1-2H3/t16-,18+,19-/m1/s1. The molecule has 0 amide bonds. The summed E-state index contributed by atoms with van der Waals surface area (Å²) in [7, 11) is 3.66. The van der Waals surface area contributed by atoms with E-state index in [4.69, 9.17) is 19.3 Å². The zero-order valence-corrected chi connectivity index (χ0v) is 14.7. The first-order chi connectivity index (χ1) is 11.7. The van der Waals surface area contributed by atoms with Gasteiger partial charge < -0.3 is 19.3 Å². The molecule has 2 fully saturated rings. The summed E-state index contributed by atoms with van der Waals surface area (Å²) in [4.78, 5) is 2.51. The second-order valence-corrected chi connectivity index (χ2v) is 6.82. The predicted molar refractivity (Wildman–Crippen MR) is 92.2 cm³/mol. The van der Waals surface area contributed by atoms with Gasteiger partial charge in [0.05, 0.1) is 18.3 Å². The van der Waals surface area contributed by atoms with Crippen LogP contribution in [-0.2, 0) is 16.0 Å². The maximum absolute atomic E-state index is 9.01. The smallest absolute Gasteiger partial charge is 0.123 e. The van der Waals surface area contributed by atoms with Gasteiger partial charge in [0.25, 0.3) is 0 Å². The van der Waals surface area contributed by atoms with Crippen LogP contribution in [0.1, 0.15) is 31.2 Å². The number of nitrogens with zero attached hydrogens (tertiary/aromatic N) is 1. The Kier molecular flexibility index (Phi) is 5.76. The molecule has 1 aromatic rings. The van der Waals surface area contributed by atoms with Crippen molar-refractivity contribution in [3.8, 4) is 5.75 Å². The van der Waals surface area contributed by atoms with Crippen molar-refractivity contribution in [1.29, 1.82) is 0 Å². The molecule has 134 valence electrons. The normalized spacial score (nSPS) is 30.3. The number of likely N-dealkylation sites (tertiary alicyclic amines) is 1. The molecule has 1 heterocycles. The van der Waals surface area contributed by atoms with Crippen LogP contribution in [0.15, 0.2) is 24.3 Å². The van der Waals surface area contributed by atoms with Crippen molar-refractivity contribution < 1.29 is 19.3 Å². The average molecular weight is 335 g/mol. The van der Waals surface area contributed by atoms with E-state index in [-0.39, 0.29) is 12.2 Å². The highest BCUT2D eigenvalue weighted by atomic mass is 16.5. The summed E-state index contributed by atoms with van der Waals surface area (Å²) in [6, 6.07) is 8.48. The van der Waals surface area contributed by atoms with Gasteiger partial charge in [-0.2, -0.15) is 0 Å². The van der Waals surface area contributed by atoms with E-state index >= 15 is 0 Å². The SMILES string of the molecule is CO[C@@H]1CC[C@@]2(OC)CCN(Cc3ccccc3OCCO)[C@H]2C1. The van der Waals surface area contributed by atoms with E-state index in [1.54, 1.807) is 0 Å². The van der Waals surface area contributed by atoms with Crippen molar-refractivity contribution in [2.45, 2.75) is 50.0 Å². The first-order valence-corrected chi connectivity index (χ1v) is 8.86. The first kappa shape index (κ1) is 17.7. The Morgan fingerprint density at radius 3 is 2.83 bits per heavy atom. The van der Waals surface area contributed by atoms with Crippen LogP contribution in [0.25, 0.3) is 0 Å². The summed E-state index contributed by atoms with van der Waals surface area (Å²) < 4.78 is 17.3. The van der Waals surface area contributed by atoms with Gasteiger partial charge in [-0.3, -0.25) is 4.90 Å². The third-order valence-electron chi connectivity index (χ3n) is 5.68. The van der Waals surface area contributed by atoms with Crippen LogP contribution in [-0.4, -0.2) is 61.7 Å². The fraction of sp³-hybridized carbons (Fsp3) is 0.684. The number of para-hydroxylation sites is 1. The highest BCUT2D eigenvalue weighted by Crippen LogP contribution is 2.43. The number of rotatable bonds is 7. The molecule has 1 saturated carbocycles. The Labute approximate surface area is 144 Å². The number of fused-ring (bicyclic) bond motifs is 1. The van der Waals surface area contributed by atoms with Gasteiger partial charge in [-0.05, 0) is 31.7 Å². The number of hydrogen-bond donors (Lipinski definition) is 1. The third-order valence-corrected chi connectivity index (χ3v) is 5.68. The monoisotopic (exact) mass is 335 g/mol. The quantitative estimate of drug-likeness (QED) is 0.828. The van der Waals surface area contributed by atoms with Gasteiger partial charge >= 0.3 is 0 Å². The zero-order chi connectivity index (χ0) is 17.0. The first-order valence-electron chi connectivity index (χ1n) is 8.86. The predicted octanol–water partition coefficient (Wildman–Crippen LogP) is 2.22. The topological polar surface area (TPSA) is 51.2 Å². The minimum atomic E-state index is -0.0318. The molecule has 0 bridgehead atoms. The Morgan fingerprint density at radius 2 is 2.08 bits per heavy atom. The molecule has 0 radical (unpaired) electrons. The molecule has 1 aliphatic carbocycles. The van der Waals surface area contributed by atoms with E-state index < -0.39 is 0 Å². The number of aliphatic hydroxyl groups is 1. The van der Waals surface area contributed by atoms with Gasteiger partial charge in [-0.1, -0.05) is 18.2 Å². The maximum Gasteiger partial charge on any atom is 0.123 e. The van der Waals surface area contributed by atoms with Gasteiger partial charge in [0.1, 0.15) is 12.4 Å². The summed E-state index contributed by atoms with van der Waals surface area (Å²) in [5.74, 6) is 0.862. The van der Waals surface area contributed by atoms with E-state index in [0.717, 1.165) is 50.1 Å². The number of benzene rings is 1. The molecule has 5 nitrogen and oxygen atoms in total. The van der Waals surface area contributed by atoms with Crippen LogP contribution in [0.2, 0.25) is 0 Å². The Bertz CT molecular complexity index is 538. The molecule has 1 saturated heterocycles. The number of aliphatic hydroxyl groups excluding tert-OH is 1. The summed E-state index contributed by atoms with van der Waals surface area (Å²) in [5, 5.41) is 9.01. The molecule has 3 atom stereocenters. The molecule has 1 N–H and O–H groups in total. The van der Waals surface area contributed by atoms with E-state index in [1.807, 2.05) is 32.4 Å². The lowest BCUT2D eigenvalue weighted by Gasteiger charge is -2.43. The second kappa shape index (κ2) is 7.83. The van der Waals surface area contributed by atoms with Crippen LogP contribution < -0.4 is 4.74 Å². The summed E-state index contributed by atoms with van der Waals surface area (Å²) in [5.41, 5.74) is 1.13. The fourth-order valence-corrected chi connectivity index (χ4v) is 4.31. The summed E-state index contributed by atoms with van der Waals surface area (Å²) in [6.45, 7) is 2.23. The van der Waals surface area contributed by atoms with Crippen molar-refractivity contribution in [2.24, 2.45) is 0 Å². The molecule has 1 aliphatic heterocycles. The highest BCUT2D eigenvalue weighted by molar-refractivity contribution is 5.33. The lowest BCUT2D eigenvalue weighted by atomic mass is 9.79. The molecule has 0 unspecified atom stereocenters. The molecule has 1 aromatic carbocycles. The zero-order valence-electron chi connectivity index (χ0n) is 14.7. The number of ether oxygens (including phenoxy) is 3. The van der Waals surface area contributed by atoms with Crippen LogP contribution in [0.3, 0.4) is 0 Å². The number of methoxy groups -OCH3 is 2. The van der Waals surface area contributed by atoms with E-state index in [9.17, 15) is 0 Å². The minimum absolute atomic E-state index is 0.0307. The van der Waals surface area contributed by atoms with Gasteiger partial charge in [0.2, 0.25) is 0 Å². The van der Waals surface area contributed by atoms with Gasteiger partial charge in [0, 0.05) is 38.9 Å². The van der Waals surface area contributed by atoms with Gasteiger partial charge in [0.15, 0.2) is 0 Å². The highest BCUT2D eigenvalue weighted by Gasteiger charge is 2.51. The van der Waals surface area contributed by atoms with Crippen LogP contribution >= 0.6 is 0 Å². The van der Waals surface area contributed by atoms with Crippen LogP contribution in [0, 0.1) is 0 Å². The second-order valence-electron chi connectivity index (χ2n) is 6.82. The molecule has 0 aromatic heterocycles. The van der Waals surface area contributed by atoms with Crippen molar-refractivity contribution in [3.05, 3.63) is 29.8 Å².